The fourth-order valence-corrected chi connectivity index (χ4v) is 0.894. The summed E-state index contributed by atoms with van der Waals surface area (Å²) in [5.41, 5.74) is 0.863. The first kappa shape index (κ1) is 8.71. The highest BCUT2D eigenvalue weighted by molar-refractivity contribution is 5.77. The van der Waals surface area contributed by atoms with Gasteiger partial charge in [-0.05, 0) is 19.4 Å². The summed E-state index contributed by atoms with van der Waals surface area (Å²) in [5, 5.41) is 4.00. The Kier molecular flexibility index (Phi) is 2.80. The quantitative estimate of drug-likeness (QED) is 0.638. The largest absolute Gasteiger partial charge is 0.273 e. The van der Waals surface area contributed by atoms with Gasteiger partial charge >= 0.3 is 0 Å². The molecular formula is C9H12N2O. The van der Waals surface area contributed by atoms with E-state index in [-0.39, 0.29) is 5.91 Å². The van der Waals surface area contributed by atoms with E-state index in [1.807, 2.05) is 13.0 Å². The second kappa shape index (κ2) is 3.85. The van der Waals surface area contributed by atoms with E-state index in [2.05, 4.69) is 11.7 Å². The molecule has 0 amide bonds. The summed E-state index contributed by atoms with van der Waals surface area (Å²) in [6.45, 7) is 5.41. The number of nitrogens with zero attached hydrogens (tertiary/aromatic N) is 2. The Balaban J connectivity index is 2.59. The van der Waals surface area contributed by atoms with Gasteiger partial charge < -0.3 is 0 Å². The number of carbonyl (C=O) groups is 1. The van der Waals surface area contributed by atoms with Crippen molar-refractivity contribution in [2.75, 3.05) is 0 Å². The Morgan fingerprint density at radius 3 is 3.08 bits per heavy atom. The molecule has 0 bridgehead atoms. The molecule has 0 aliphatic rings. The summed E-state index contributed by atoms with van der Waals surface area (Å²) in [7, 11) is 0. The van der Waals surface area contributed by atoms with Gasteiger partial charge in [-0.15, -0.1) is 6.58 Å². The van der Waals surface area contributed by atoms with Crippen LogP contribution >= 0.6 is 0 Å². The molecule has 0 fully saturated rings. The van der Waals surface area contributed by atoms with Crippen LogP contribution in [0.15, 0.2) is 24.9 Å². The van der Waals surface area contributed by atoms with Crippen LogP contribution in [0.5, 0.6) is 0 Å². The zero-order valence-corrected chi connectivity index (χ0v) is 7.16. The number of allylic oxidation sites excluding steroid dienone is 1. The van der Waals surface area contributed by atoms with Crippen molar-refractivity contribution in [1.29, 1.82) is 0 Å². The summed E-state index contributed by atoms with van der Waals surface area (Å²) in [5.74, 6) is 0.0167. The molecule has 3 heteroatoms. The van der Waals surface area contributed by atoms with Crippen LogP contribution in [-0.2, 0) is 0 Å². The van der Waals surface area contributed by atoms with Gasteiger partial charge in [-0.3, -0.25) is 4.79 Å². The smallest absolute Gasteiger partial charge is 0.247 e. The van der Waals surface area contributed by atoms with Crippen molar-refractivity contribution in [3.8, 4) is 0 Å². The van der Waals surface area contributed by atoms with Crippen LogP contribution in [0.4, 0.5) is 0 Å². The zero-order chi connectivity index (χ0) is 8.97. The molecule has 0 atom stereocenters. The third-order valence-corrected chi connectivity index (χ3v) is 1.54. The molecule has 0 aromatic carbocycles. The maximum atomic E-state index is 11.3. The van der Waals surface area contributed by atoms with Gasteiger partial charge in [-0.25, -0.2) is 4.68 Å². The number of aryl methyl sites for hydroxylation is 1. The second-order valence-corrected chi connectivity index (χ2v) is 2.62. The van der Waals surface area contributed by atoms with Gasteiger partial charge in [0.25, 0.3) is 0 Å². The molecule has 1 rings (SSSR count). The molecule has 0 aliphatic carbocycles. The SMILES string of the molecule is C=CCCC(=O)n1ccc(C)n1. The minimum Gasteiger partial charge on any atom is -0.273 e. The summed E-state index contributed by atoms with van der Waals surface area (Å²) < 4.78 is 1.37. The molecule has 0 spiro atoms. The number of rotatable bonds is 3. The molecule has 12 heavy (non-hydrogen) atoms. The predicted molar refractivity (Wildman–Crippen MR) is 47.0 cm³/mol. The van der Waals surface area contributed by atoms with E-state index < -0.39 is 0 Å². The average Bonchev–Trinajstić information content (AvgIpc) is 2.47. The van der Waals surface area contributed by atoms with Crippen molar-refractivity contribution >= 4 is 5.91 Å². The first-order chi connectivity index (χ1) is 5.74. The normalized spacial score (nSPS) is 9.75. The fourth-order valence-electron chi connectivity index (χ4n) is 0.894. The van der Waals surface area contributed by atoms with Gasteiger partial charge in [0.15, 0.2) is 0 Å². The monoisotopic (exact) mass is 164 g/mol. The number of hydrogen-bond acceptors (Lipinski definition) is 2. The minimum absolute atomic E-state index is 0.0167. The van der Waals surface area contributed by atoms with Crippen LogP contribution in [0, 0.1) is 6.92 Å². The Bertz CT molecular complexity index is 288. The van der Waals surface area contributed by atoms with E-state index in [9.17, 15) is 4.79 Å². The van der Waals surface area contributed by atoms with Crippen LogP contribution < -0.4 is 0 Å². The molecule has 1 aromatic rings. The topological polar surface area (TPSA) is 34.9 Å². The molecule has 3 nitrogen and oxygen atoms in total. The van der Waals surface area contributed by atoms with Crippen molar-refractivity contribution in [2.24, 2.45) is 0 Å². The van der Waals surface area contributed by atoms with Gasteiger partial charge in [0.05, 0.1) is 5.69 Å². The van der Waals surface area contributed by atoms with E-state index in [1.54, 1.807) is 12.3 Å². The zero-order valence-electron chi connectivity index (χ0n) is 7.16. The fraction of sp³-hybridized carbons (Fsp3) is 0.333. The number of carbonyl (C=O) groups excluding carboxylic acids is 1. The van der Waals surface area contributed by atoms with Gasteiger partial charge in [-0.2, -0.15) is 5.10 Å². The summed E-state index contributed by atoms with van der Waals surface area (Å²) in [6, 6.07) is 1.81. The van der Waals surface area contributed by atoms with Crippen molar-refractivity contribution in [1.82, 2.24) is 9.78 Å². The highest BCUT2D eigenvalue weighted by Gasteiger charge is 2.03. The van der Waals surface area contributed by atoms with E-state index >= 15 is 0 Å². The molecule has 0 saturated heterocycles. The molecule has 0 unspecified atom stereocenters. The van der Waals surface area contributed by atoms with Gasteiger partial charge in [-0.1, -0.05) is 6.08 Å². The van der Waals surface area contributed by atoms with Crippen molar-refractivity contribution in [3.05, 3.63) is 30.6 Å². The maximum Gasteiger partial charge on any atom is 0.247 e. The Hall–Kier alpha value is -1.38. The Morgan fingerprint density at radius 2 is 2.58 bits per heavy atom. The van der Waals surface area contributed by atoms with Crippen molar-refractivity contribution < 1.29 is 4.79 Å². The van der Waals surface area contributed by atoms with E-state index in [0.717, 1.165) is 5.69 Å². The predicted octanol–water partition coefficient (Wildman–Crippen LogP) is 1.80. The molecule has 0 radical (unpaired) electrons. The molecule has 1 aromatic heterocycles. The van der Waals surface area contributed by atoms with Gasteiger partial charge in [0.1, 0.15) is 0 Å². The summed E-state index contributed by atoms with van der Waals surface area (Å²) in [6.07, 6.45) is 4.59. The molecule has 0 saturated carbocycles. The van der Waals surface area contributed by atoms with Crippen LogP contribution in [0.1, 0.15) is 23.3 Å². The Labute approximate surface area is 71.7 Å². The first-order valence-corrected chi connectivity index (χ1v) is 3.90. The third-order valence-electron chi connectivity index (χ3n) is 1.54. The van der Waals surface area contributed by atoms with Crippen molar-refractivity contribution in [3.63, 3.8) is 0 Å². The average molecular weight is 164 g/mol. The first-order valence-electron chi connectivity index (χ1n) is 3.90. The molecular weight excluding hydrogens is 152 g/mol. The second-order valence-electron chi connectivity index (χ2n) is 2.62. The standard InChI is InChI=1S/C9H12N2O/c1-3-4-5-9(12)11-7-6-8(2)10-11/h3,6-7H,1,4-5H2,2H3. The van der Waals surface area contributed by atoms with E-state index in [0.29, 0.717) is 12.8 Å². The maximum absolute atomic E-state index is 11.3. The lowest BCUT2D eigenvalue weighted by Gasteiger charge is -1.96. The number of aromatic nitrogens is 2. The van der Waals surface area contributed by atoms with Crippen LogP contribution in [0.3, 0.4) is 0 Å². The lowest BCUT2D eigenvalue weighted by molar-refractivity contribution is 0.0887. The van der Waals surface area contributed by atoms with E-state index in [4.69, 9.17) is 0 Å². The lowest BCUT2D eigenvalue weighted by atomic mass is 10.3. The van der Waals surface area contributed by atoms with Gasteiger partial charge in [0.2, 0.25) is 5.91 Å². The molecule has 0 aliphatic heterocycles. The van der Waals surface area contributed by atoms with Gasteiger partial charge in [0, 0.05) is 12.6 Å². The highest BCUT2D eigenvalue weighted by Crippen LogP contribution is 1.97. The van der Waals surface area contributed by atoms with Crippen molar-refractivity contribution in [2.45, 2.75) is 19.8 Å². The molecule has 1 heterocycles. The van der Waals surface area contributed by atoms with Crippen LogP contribution in [-0.4, -0.2) is 15.7 Å². The third kappa shape index (κ3) is 2.05. The van der Waals surface area contributed by atoms with E-state index in [1.165, 1.54) is 4.68 Å². The number of hydrogen-bond donors (Lipinski definition) is 0. The molecule has 64 valence electrons. The van der Waals surface area contributed by atoms with Crippen LogP contribution in [0.25, 0.3) is 0 Å². The summed E-state index contributed by atoms with van der Waals surface area (Å²) in [4.78, 5) is 11.3. The summed E-state index contributed by atoms with van der Waals surface area (Å²) >= 11 is 0. The Morgan fingerprint density at radius 1 is 1.83 bits per heavy atom. The highest BCUT2D eigenvalue weighted by atomic mass is 16.2. The molecule has 0 N–H and O–H groups in total. The minimum atomic E-state index is 0.0167. The lowest BCUT2D eigenvalue weighted by Crippen LogP contribution is -2.10. The van der Waals surface area contributed by atoms with Crippen LogP contribution in [0.2, 0.25) is 0 Å².